The highest BCUT2D eigenvalue weighted by atomic mass is 16.1. The number of nitrogens with zero attached hydrogens (tertiary/aromatic N) is 2. The van der Waals surface area contributed by atoms with Crippen LogP contribution in [-0.2, 0) is 6.54 Å². The van der Waals surface area contributed by atoms with Crippen LogP contribution in [0.2, 0.25) is 0 Å². The van der Waals surface area contributed by atoms with Crippen molar-refractivity contribution in [3.05, 3.63) is 42.2 Å². The van der Waals surface area contributed by atoms with E-state index in [0.29, 0.717) is 18.7 Å². The summed E-state index contributed by atoms with van der Waals surface area (Å²) in [6.07, 6.45) is 3.60. The molecule has 3 rings (SSSR count). The number of fused-ring (bicyclic) bond motifs is 1. The van der Waals surface area contributed by atoms with Gasteiger partial charge < -0.3 is 16.0 Å². The molecule has 2 aromatic rings. The first kappa shape index (κ1) is 12.5. The Morgan fingerprint density at radius 2 is 2.20 bits per heavy atom. The topological polar surface area (TPSA) is 71.0 Å². The van der Waals surface area contributed by atoms with E-state index in [-0.39, 0.29) is 5.91 Å². The predicted molar refractivity (Wildman–Crippen MR) is 78.0 cm³/mol. The van der Waals surface area contributed by atoms with Crippen molar-refractivity contribution < 1.29 is 4.79 Å². The molecule has 6 heteroatoms. The molecular weight excluding hydrogens is 254 g/mol. The summed E-state index contributed by atoms with van der Waals surface area (Å²) in [5.41, 5.74) is 2.54. The van der Waals surface area contributed by atoms with E-state index in [1.807, 2.05) is 30.5 Å². The molecule has 0 radical (unpaired) electrons. The van der Waals surface area contributed by atoms with Gasteiger partial charge in [-0.15, -0.1) is 0 Å². The third-order valence-corrected chi connectivity index (χ3v) is 3.24. The van der Waals surface area contributed by atoms with Crippen LogP contribution >= 0.6 is 0 Å². The Bertz CT molecular complexity index is 594. The molecule has 1 aliphatic heterocycles. The quantitative estimate of drug-likeness (QED) is 0.780. The number of nitrogens with one attached hydrogen (secondary N) is 3. The summed E-state index contributed by atoms with van der Waals surface area (Å²) >= 11 is 0. The number of hydrogen-bond donors (Lipinski definition) is 3. The summed E-state index contributed by atoms with van der Waals surface area (Å²) in [6, 6.07) is 7.57. The highest BCUT2D eigenvalue weighted by molar-refractivity contribution is 6.02. The van der Waals surface area contributed by atoms with Crippen molar-refractivity contribution in [3.63, 3.8) is 0 Å². The highest BCUT2D eigenvalue weighted by Gasteiger charge is 2.16. The Morgan fingerprint density at radius 1 is 1.30 bits per heavy atom. The van der Waals surface area contributed by atoms with Crippen LogP contribution in [0.15, 0.2) is 36.7 Å². The molecule has 2 heterocycles. The Morgan fingerprint density at radius 3 is 3.05 bits per heavy atom. The zero-order chi connectivity index (χ0) is 13.8. The molecule has 0 unspecified atom stereocenters. The van der Waals surface area contributed by atoms with Gasteiger partial charge in [0.25, 0.3) is 5.91 Å². The fourth-order valence-electron chi connectivity index (χ4n) is 2.28. The molecule has 6 nitrogen and oxygen atoms in total. The molecule has 1 aromatic heterocycles. The lowest BCUT2D eigenvalue weighted by atomic mass is 10.1. The number of rotatable bonds is 4. The van der Waals surface area contributed by atoms with E-state index in [2.05, 4.69) is 21.0 Å². The zero-order valence-electron chi connectivity index (χ0n) is 11.1. The van der Waals surface area contributed by atoms with E-state index in [1.54, 1.807) is 10.9 Å². The normalized spacial score (nSPS) is 13.0. The van der Waals surface area contributed by atoms with E-state index >= 15 is 0 Å². The summed E-state index contributed by atoms with van der Waals surface area (Å²) in [5, 5.41) is 13.6. The van der Waals surface area contributed by atoms with Crippen LogP contribution in [-0.4, -0.2) is 35.3 Å². The van der Waals surface area contributed by atoms with Crippen molar-refractivity contribution >= 4 is 17.3 Å². The van der Waals surface area contributed by atoms with Gasteiger partial charge in [0, 0.05) is 32.0 Å². The monoisotopic (exact) mass is 271 g/mol. The molecule has 1 aromatic carbocycles. The number of hydrogen-bond acceptors (Lipinski definition) is 4. The molecule has 0 fully saturated rings. The summed E-state index contributed by atoms with van der Waals surface area (Å²) in [7, 11) is 0. The number of carbonyl (C=O) groups is 1. The maximum absolute atomic E-state index is 12.2. The number of anilines is 2. The lowest BCUT2D eigenvalue weighted by Crippen LogP contribution is -2.30. The largest absolute Gasteiger partial charge is 0.382 e. The van der Waals surface area contributed by atoms with E-state index < -0.39 is 0 Å². The summed E-state index contributed by atoms with van der Waals surface area (Å²) in [6.45, 7) is 2.92. The van der Waals surface area contributed by atoms with Crippen LogP contribution in [0.25, 0.3) is 0 Å². The molecule has 3 N–H and O–H groups in total. The Labute approximate surface area is 117 Å². The van der Waals surface area contributed by atoms with Gasteiger partial charge in [0.1, 0.15) is 0 Å². The SMILES string of the molecule is O=C(NCCn1cccn1)c1cccc2c1NCCN2. The van der Waals surface area contributed by atoms with Gasteiger partial charge in [-0.1, -0.05) is 6.07 Å². The number of carbonyl (C=O) groups excluding carboxylic acids is 1. The molecule has 0 spiro atoms. The second-order valence-electron chi connectivity index (χ2n) is 4.61. The minimum Gasteiger partial charge on any atom is -0.382 e. The van der Waals surface area contributed by atoms with E-state index in [0.717, 1.165) is 24.5 Å². The van der Waals surface area contributed by atoms with Crippen LogP contribution in [0.3, 0.4) is 0 Å². The first-order valence-electron chi connectivity index (χ1n) is 6.71. The van der Waals surface area contributed by atoms with Crippen molar-refractivity contribution in [3.8, 4) is 0 Å². The van der Waals surface area contributed by atoms with Gasteiger partial charge in [-0.25, -0.2) is 0 Å². The third-order valence-electron chi connectivity index (χ3n) is 3.24. The van der Waals surface area contributed by atoms with Gasteiger partial charge >= 0.3 is 0 Å². The first-order chi connectivity index (χ1) is 9.84. The van der Waals surface area contributed by atoms with Crippen LogP contribution in [0.5, 0.6) is 0 Å². The molecule has 0 atom stereocenters. The molecule has 1 amide bonds. The van der Waals surface area contributed by atoms with Crippen molar-refractivity contribution in [2.45, 2.75) is 6.54 Å². The van der Waals surface area contributed by atoms with Gasteiger partial charge in [0.2, 0.25) is 0 Å². The second-order valence-corrected chi connectivity index (χ2v) is 4.61. The summed E-state index contributed by atoms with van der Waals surface area (Å²) in [4.78, 5) is 12.2. The molecule has 0 aliphatic carbocycles. The van der Waals surface area contributed by atoms with Crippen LogP contribution in [0, 0.1) is 0 Å². The Balaban J connectivity index is 1.65. The van der Waals surface area contributed by atoms with Gasteiger partial charge in [-0.05, 0) is 18.2 Å². The second kappa shape index (κ2) is 5.64. The average Bonchev–Trinajstić information content (AvgIpc) is 3.00. The maximum Gasteiger partial charge on any atom is 0.253 e. The lowest BCUT2D eigenvalue weighted by molar-refractivity contribution is 0.0952. The number of benzene rings is 1. The molecule has 104 valence electrons. The van der Waals surface area contributed by atoms with Crippen molar-refractivity contribution in [2.75, 3.05) is 30.3 Å². The smallest absolute Gasteiger partial charge is 0.253 e. The van der Waals surface area contributed by atoms with E-state index in [1.165, 1.54) is 0 Å². The third kappa shape index (κ3) is 2.59. The minimum atomic E-state index is -0.0646. The molecule has 0 bridgehead atoms. The molecular formula is C14H17N5O. The summed E-state index contributed by atoms with van der Waals surface area (Å²) in [5.74, 6) is -0.0646. The van der Waals surface area contributed by atoms with Crippen molar-refractivity contribution in [1.29, 1.82) is 0 Å². The standard InChI is InChI=1S/C14H17N5O/c20-14(17-8-10-19-9-2-5-18-19)11-3-1-4-12-13(11)16-7-6-15-12/h1-5,9,15-16H,6-8,10H2,(H,17,20). The van der Waals surface area contributed by atoms with E-state index in [9.17, 15) is 4.79 Å². The fourth-order valence-corrected chi connectivity index (χ4v) is 2.28. The van der Waals surface area contributed by atoms with E-state index in [4.69, 9.17) is 0 Å². The van der Waals surface area contributed by atoms with Gasteiger partial charge in [-0.3, -0.25) is 9.48 Å². The average molecular weight is 271 g/mol. The minimum absolute atomic E-state index is 0.0646. The van der Waals surface area contributed by atoms with Crippen molar-refractivity contribution in [1.82, 2.24) is 15.1 Å². The maximum atomic E-state index is 12.2. The molecule has 1 aliphatic rings. The molecule has 0 saturated carbocycles. The highest BCUT2D eigenvalue weighted by Crippen LogP contribution is 2.28. The number of para-hydroxylation sites is 1. The fraction of sp³-hybridized carbons (Fsp3) is 0.286. The zero-order valence-corrected chi connectivity index (χ0v) is 11.1. The van der Waals surface area contributed by atoms with Gasteiger partial charge in [-0.2, -0.15) is 5.10 Å². The summed E-state index contributed by atoms with van der Waals surface area (Å²) < 4.78 is 1.79. The molecule has 0 saturated heterocycles. The van der Waals surface area contributed by atoms with Gasteiger partial charge in [0.05, 0.1) is 23.5 Å². The predicted octanol–water partition coefficient (Wildman–Crippen LogP) is 1.15. The van der Waals surface area contributed by atoms with Crippen molar-refractivity contribution in [2.24, 2.45) is 0 Å². The number of amides is 1. The van der Waals surface area contributed by atoms with Gasteiger partial charge in [0.15, 0.2) is 0 Å². The van der Waals surface area contributed by atoms with Crippen LogP contribution < -0.4 is 16.0 Å². The first-order valence-corrected chi connectivity index (χ1v) is 6.71. The Hall–Kier alpha value is -2.50. The number of aromatic nitrogens is 2. The molecule has 20 heavy (non-hydrogen) atoms. The Kier molecular flexibility index (Phi) is 3.54. The van der Waals surface area contributed by atoms with Crippen LogP contribution in [0.1, 0.15) is 10.4 Å². The lowest BCUT2D eigenvalue weighted by Gasteiger charge is -2.22. The van der Waals surface area contributed by atoms with Crippen LogP contribution in [0.4, 0.5) is 11.4 Å².